The molecule has 0 saturated carbocycles. The van der Waals surface area contributed by atoms with Crippen molar-refractivity contribution in [1.29, 1.82) is 5.26 Å². The molecule has 0 saturated heterocycles. The van der Waals surface area contributed by atoms with Crippen molar-refractivity contribution in [1.82, 2.24) is 15.0 Å². The molecular formula is C22H23N5O3S. The van der Waals surface area contributed by atoms with Gasteiger partial charge in [0.05, 0.1) is 22.2 Å². The molecule has 31 heavy (non-hydrogen) atoms. The summed E-state index contributed by atoms with van der Waals surface area (Å²) in [6, 6.07) is 8.81. The zero-order valence-corrected chi connectivity index (χ0v) is 18.8. The number of pyridine rings is 3. The van der Waals surface area contributed by atoms with Crippen LogP contribution >= 0.6 is 0 Å². The Labute approximate surface area is 182 Å². The van der Waals surface area contributed by atoms with Crippen LogP contribution in [0.2, 0.25) is 0 Å². The number of aromatic nitrogens is 3. The van der Waals surface area contributed by atoms with Gasteiger partial charge >= 0.3 is 0 Å². The van der Waals surface area contributed by atoms with Crippen LogP contribution in [0.25, 0.3) is 11.3 Å². The van der Waals surface area contributed by atoms with Gasteiger partial charge in [0.1, 0.15) is 11.8 Å². The average Bonchev–Trinajstić information content (AvgIpc) is 2.71. The molecule has 0 aliphatic carbocycles. The summed E-state index contributed by atoms with van der Waals surface area (Å²) in [6.07, 6.45) is 3.03. The van der Waals surface area contributed by atoms with Gasteiger partial charge in [0, 0.05) is 23.7 Å². The van der Waals surface area contributed by atoms with Crippen LogP contribution in [0.4, 0.5) is 5.69 Å². The van der Waals surface area contributed by atoms with Gasteiger partial charge in [-0.25, -0.2) is 13.4 Å². The number of nitriles is 1. The molecule has 0 aliphatic rings. The van der Waals surface area contributed by atoms with E-state index in [2.05, 4.69) is 19.7 Å². The van der Waals surface area contributed by atoms with Crippen LogP contribution in [-0.2, 0) is 10.0 Å². The minimum Gasteiger partial charge on any atom is -0.435 e. The quantitative estimate of drug-likeness (QED) is 0.611. The molecule has 3 aromatic rings. The molecule has 0 atom stereocenters. The molecule has 1 N–H and O–H groups in total. The lowest BCUT2D eigenvalue weighted by atomic mass is 10.1. The van der Waals surface area contributed by atoms with Crippen molar-refractivity contribution in [3.63, 3.8) is 0 Å². The molecule has 0 spiro atoms. The third-order valence-electron chi connectivity index (χ3n) is 4.55. The lowest BCUT2D eigenvalue weighted by Crippen LogP contribution is -2.23. The second-order valence-electron chi connectivity index (χ2n) is 7.42. The van der Waals surface area contributed by atoms with Crippen LogP contribution in [0, 0.1) is 32.1 Å². The summed E-state index contributed by atoms with van der Waals surface area (Å²) >= 11 is 0. The predicted molar refractivity (Wildman–Crippen MR) is 118 cm³/mol. The standard InChI is InChI=1S/C22H23N5O3S/c1-13(2)31(28,29)27-20-7-6-19(18-9-17(10-23)11-24-12-18)26-22(20)30-21-14(3)8-15(4)25-16(21)5/h6-9,11-13,27H,1-5H3. The molecule has 9 heteroatoms. The Balaban J connectivity index is 2.13. The Morgan fingerprint density at radius 3 is 2.48 bits per heavy atom. The molecule has 8 nitrogen and oxygen atoms in total. The highest BCUT2D eigenvalue weighted by atomic mass is 32.2. The third-order valence-corrected chi connectivity index (χ3v) is 6.30. The fraction of sp³-hybridized carbons (Fsp3) is 0.273. The smallest absolute Gasteiger partial charge is 0.244 e. The van der Waals surface area contributed by atoms with Gasteiger partial charge in [-0.1, -0.05) is 0 Å². The van der Waals surface area contributed by atoms with E-state index in [1.165, 1.54) is 6.20 Å². The van der Waals surface area contributed by atoms with Crippen molar-refractivity contribution in [3.8, 4) is 29.0 Å². The molecule has 0 aliphatic heterocycles. The highest BCUT2D eigenvalue weighted by Gasteiger charge is 2.21. The van der Waals surface area contributed by atoms with E-state index in [1.54, 1.807) is 38.2 Å². The normalized spacial score (nSPS) is 11.3. The fourth-order valence-electron chi connectivity index (χ4n) is 2.93. The number of hydrogen-bond donors (Lipinski definition) is 1. The first-order valence-electron chi connectivity index (χ1n) is 9.61. The highest BCUT2D eigenvalue weighted by Crippen LogP contribution is 2.34. The first kappa shape index (κ1) is 22.2. The molecule has 3 heterocycles. The van der Waals surface area contributed by atoms with E-state index in [9.17, 15) is 8.42 Å². The molecule has 0 amide bonds. The van der Waals surface area contributed by atoms with Crippen molar-refractivity contribution in [3.05, 3.63) is 59.2 Å². The second-order valence-corrected chi connectivity index (χ2v) is 9.65. The van der Waals surface area contributed by atoms with Gasteiger partial charge in [-0.2, -0.15) is 5.26 Å². The van der Waals surface area contributed by atoms with Gasteiger partial charge in [-0.15, -0.1) is 0 Å². The fourth-order valence-corrected chi connectivity index (χ4v) is 3.63. The minimum absolute atomic E-state index is 0.0842. The number of anilines is 1. The summed E-state index contributed by atoms with van der Waals surface area (Å²) in [4.78, 5) is 13.0. The Morgan fingerprint density at radius 2 is 1.84 bits per heavy atom. The molecule has 160 valence electrons. The Kier molecular flexibility index (Phi) is 6.22. The molecule has 3 rings (SSSR count). The number of sulfonamides is 1. The van der Waals surface area contributed by atoms with Crippen LogP contribution in [0.3, 0.4) is 0 Å². The highest BCUT2D eigenvalue weighted by molar-refractivity contribution is 7.93. The van der Waals surface area contributed by atoms with E-state index in [-0.39, 0.29) is 11.6 Å². The molecule has 0 aromatic carbocycles. The maximum atomic E-state index is 12.5. The van der Waals surface area contributed by atoms with Crippen molar-refractivity contribution in [2.45, 2.75) is 39.9 Å². The summed E-state index contributed by atoms with van der Waals surface area (Å²) in [6.45, 7) is 8.76. The lowest BCUT2D eigenvalue weighted by Gasteiger charge is -2.17. The Bertz CT molecular complexity index is 1260. The summed E-state index contributed by atoms with van der Waals surface area (Å²) in [5.41, 5.74) is 4.06. The number of rotatable bonds is 6. The number of nitrogens with one attached hydrogen (secondary N) is 1. The van der Waals surface area contributed by atoms with Crippen LogP contribution < -0.4 is 9.46 Å². The van der Waals surface area contributed by atoms with Gasteiger partial charge in [0.25, 0.3) is 0 Å². The minimum atomic E-state index is -3.62. The average molecular weight is 438 g/mol. The summed E-state index contributed by atoms with van der Waals surface area (Å²) < 4.78 is 33.6. The zero-order chi connectivity index (χ0) is 22.8. The summed E-state index contributed by atoms with van der Waals surface area (Å²) in [5.74, 6) is 0.588. The SMILES string of the molecule is Cc1cc(C)c(Oc2nc(-c3cncc(C#N)c3)ccc2NS(=O)(=O)C(C)C)c(C)n1. The molecular weight excluding hydrogens is 414 g/mol. The molecule has 0 bridgehead atoms. The van der Waals surface area contributed by atoms with E-state index in [1.807, 2.05) is 32.9 Å². The van der Waals surface area contributed by atoms with E-state index in [4.69, 9.17) is 10.00 Å². The predicted octanol–water partition coefficient (Wildman–Crippen LogP) is 4.28. The third kappa shape index (κ3) is 4.98. The van der Waals surface area contributed by atoms with Crippen LogP contribution in [0.1, 0.15) is 36.4 Å². The number of ether oxygens (including phenoxy) is 1. The maximum Gasteiger partial charge on any atom is 0.244 e. The maximum absolute atomic E-state index is 12.5. The van der Waals surface area contributed by atoms with Gasteiger partial charge in [0.2, 0.25) is 15.9 Å². The molecule has 3 aromatic heterocycles. The van der Waals surface area contributed by atoms with Crippen molar-refractivity contribution in [2.24, 2.45) is 0 Å². The van der Waals surface area contributed by atoms with Crippen LogP contribution in [0.15, 0.2) is 36.7 Å². The van der Waals surface area contributed by atoms with Crippen molar-refractivity contribution >= 4 is 15.7 Å². The van der Waals surface area contributed by atoms with Gasteiger partial charge in [-0.05, 0) is 64.4 Å². The van der Waals surface area contributed by atoms with Gasteiger partial charge in [-0.3, -0.25) is 14.7 Å². The topological polar surface area (TPSA) is 118 Å². The lowest BCUT2D eigenvalue weighted by molar-refractivity contribution is 0.455. The van der Waals surface area contributed by atoms with E-state index >= 15 is 0 Å². The van der Waals surface area contributed by atoms with Crippen LogP contribution in [0.5, 0.6) is 11.6 Å². The number of aryl methyl sites for hydroxylation is 3. The number of nitrogens with zero attached hydrogens (tertiary/aromatic N) is 4. The van der Waals surface area contributed by atoms with E-state index in [0.29, 0.717) is 28.3 Å². The summed E-state index contributed by atoms with van der Waals surface area (Å²) in [5, 5.41) is 8.51. The first-order chi connectivity index (χ1) is 14.6. The van der Waals surface area contributed by atoms with E-state index in [0.717, 1.165) is 11.3 Å². The Morgan fingerprint density at radius 1 is 1.10 bits per heavy atom. The van der Waals surface area contributed by atoms with Gasteiger partial charge < -0.3 is 4.74 Å². The summed E-state index contributed by atoms with van der Waals surface area (Å²) in [7, 11) is -3.62. The zero-order valence-electron chi connectivity index (χ0n) is 18.0. The van der Waals surface area contributed by atoms with Gasteiger partial charge in [0.15, 0.2) is 5.75 Å². The first-order valence-corrected chi connectivity index (χ1v) is 11.2. The molecule has 0 fully saturated rings. The van der Waals surface area contributed by atoms with Crippen molar-refractivity contribution < 1.29 is 13.2 Å². The molecule has 0 radical (unpaired) electrons. The largest absolute Gasteiger partial charge is 0.435 e. The van der Waals surface area contributed by atoms with E-state index < -0.39 is 15.3 Å². The van der Waals surface area contributed by atoms with Crippen LogP contribution in [-0.4, -0.2) is 28.6 Å². The second kappa shape index (κ2) is 8.70. The van der Waals surface area contributed by atoms with Crippen molar-refractivity contribution in [2.75, 3.05) is 4.72 Å². The monoisotopic (exact) mass is 437 g/mol. The molecule has 0 unspecified atom stereocenters. The Hall–Kier alpha value is -3.51. The number of hydrogen-bond acceptors (Lipinski definition) is 7.